The third-order valence-electron chi connectivity index (χ3n) is 3.15. The molecule has 0 aromatic rings. The molecule has 0 aromatic carbocycles. The summed E-state index contributed by atoms with van der Waals surface area (Å²) in [5, 5.41) is 0. The smallest absolute Gasteiger partial charge is 0.135 e. The van der Waals surface area contributed by atoms with Gasteiger partial charge in [0.1, 0.15) is 5.78 Å². The van der Waals surface area contributed by atoms with Crippen molar-refractivity contribution in [2.24, 2.45) is 17.6 Å². The van der Waals surface area contributed by atoms with Crippen molar-refractivity contribution in [1.29, 1.82) is 0 Å². The van der Waals surface area contributed by atoms with E-state index >= 15 is 0 Å². The van der Waals surface area contributed by atoms with Crippen LogP contribution in [0.2, 0.25) is 0 Å². The topological polar surface area (TPSA) is 46.3 Å². The second-order valence-electron chi connectivity index (χ2n) is 4.75. The molecule has 0 aromatic heterocycles. The van der Waals surface area contributed by atoms with Gasteiger partial charge in [0.05, 0.1) is 5.82 Å². The lowest BCUT2D eigenvalue weighted by atomic mass is 9.89. The Balaban J connectivity index is 0.00000225. The van der Waals surface area contributed by atoms with Crippen LogP contribution in [0.4, 0.5) is 0 Å². The summed E-state index contributed by atoms with van der Waals surface area (Å²) in [5.74, 6) is 1.77. The van der Waals surface area contributed by atoms with E-state index in [4.69, 9.17) is 5.73 Å². The van der Waals surface area contributed by atoms with E-state index in [1.54, 1.807) is 0 Å². The zero-order chi connectivity index (χ0) is 11.4. The predicted octanol–water partition coefficient (Wildman–Crippen LogP) is 2.38. The van der Waals surface area contributed by atoms with Gasteiger partial charge in [0.15, 0.2) is 0 Å². The first-order valence-corrected chi connectivity index (χ1v) is 5.72. The number of hydrogen-bond donors (Lipinski definition) is 1. The molecular weight excluding hydrogens is 200 g/mol. The Morgan fingerprint density at radius 2 is 1.94 bits per heavy atom. The van der Waals surface area contributed by atoms with E-state index in [0.29, 0.717) is 17.5 Å². The number of ketones is 1. The molecule has 0 atom stereocenters. The quantitative estimate of drug-likeness (QED) is 0.800. The van der Waals surface area contributed by atoms with Crippen LogP contribution in [0.3, 0.4) is 0 Å². The minimum Gasteiger partial charge on any atom is -0.386 e. The Hall–Kier alpha value is -0.990. The molecule has 0 spiro atoms. The van der Waals surface area contributed by atoms with Gasteiger partial charge in [-0.3, -0.25) is 4.79 Å². The Bertz CT molecular complexity index is 240. The van der Waals surface area contributed by atoms with Crippen LogP contribution in [0.15, 0.2) is 12.4 Å². The molecule has 0 bridgehead atoms. The third-order valence-corrected chi connectivity index (χ3v) is 3.15. The van der Waals surface area contributed by atoms with Gasteiger partial charge >= 0.3 is 0 Å². The summed E-state index contributed by atoms with van der Waals surface area (Å²) in [6, 6.07) is 0. The summed E-state index contributed by atoms with van der Waals surface area (Å²) in [6.07, 6.45) is 2.87. The maximum Gasteiger partial charge on any atom is 0.135 e. The molecule has 94 valence electrons. The molecule has 1 aliphatic rings. The normalized spacial score (nSPS) is 17.1. The number of rotatable bonds is 4. The van der Waals surface area contributed by atoms with Crippen molar-refractivity contribution in [3.05, 3.63) is 12.4 Å². The van der Waals surface area contributed by atoms with Gasteiger partial charge < -0.3 is 10.6 Å². The molecular formula is C13H26N2O. The maximum atomic E-state index is 11.6. The SMILES string of the molecule is C.C=C(N)N1CCC(CC(=O)C(C)C)CC1. The second-order valence-corrected chi connectivity index (χ2v) is 4.75. The molecule has 0 saturated carbocycles. The van der Waals surface area contributed by atoms with Crippen LogP contribution in [-0.4, -0.2) is 23.8 Å². The van der Waals surface area contributed by atoms with E-state index in [2.05, 4.69) is 11.5 Å². The maximum absolute atomic E-state index is 11.6. The molecule has 1 fully saturated rings. The Kier molecular flexibility index (Phi) is 6.16. The largest absolute Gasteiger partial charge is 0.386 e. The van der Waals surface area contributed by atoms with Gasteiger partial charge in [0, 0.05) is 25.4 Å². The summed E-state index contributed by atoms with van der Waals surface area (Å²) in [7, 11) is 0. The van der Waals surface area contributed by atoms with Crippen LogP contribution in [0, 0.1) is 11.8 Å². The number of likely N-dealkylation sites (tertiary alicyclic amines) is 1. The number of nitrogens with two attached hydrogens (primary N) is 1. The fraction of sp³-hybridized carbons (Fsp3) is 0.769. The number of carbonyl (C=O) groups excluding carboxylic acids is 1. The first-order chi connectivity index (χ1) is 7.00. The summed E-state index contributed by atoms with van der Waals surface area (Å²) in [4.78, 5) is 13.7. The van der Waals surface area contributed by atoms with Crippen LogP contribution in [0.1, 0.15) is 40.5 Å². The zero-order valence-electron chi connectivity index (χ0n) is 9.83. The van der Waals surface area contributed by atoms with Gasteiger partial charge in [-0.1, -0.05) is 27.9 Å². The van der Waals surface area contributed by atoms with Crippen LogP contribution in [0.25, 0.3) is 0 Å². The van der Waals surface area contributed by atoms with E-state index in [1.807, 2.05) is 13.8 Å². The van der Waals surface area contributed by atoms with Crippen molar-refractivity contribution in [3.63, 3.8) is 0 Å². The van der Waals surface area contributed by atoms with Gasteiger partial charge in [0.2, 0.25) is 0 Å². The molecule has 1 saturated heterocycles. The highest BCUT2D eigenvalue weighted by Gasteiger charge is 2.22. The third kappa shape index (κ3) is 4.25. The number of carbonyl (C=O) groups is 1. The van der Waals surface area contributed by atoms with Crippen molar-refractivity contribution in [2.75, 3.05) is 13.1 Å². The van der Waals surface area contributed by atoms with E-state index < -0.39 is 0 Å². The Morgan fingerprint density at radius 1 is 1.44 bits per heavy atom. The number of hydrogen-bond acceptors (Lipinski definition) is 3. The average molecular weight is 226 g/mol. The highest BCUT2D eigenvalue weighted by atomic mass is 16.1. The van der Waals surface area contributed by atoms with Crippen LogP contribution in [0.5, 0.6) is 0 Å². The van der Waals surface area contributed by atoms with Gasteiger partial charge in [-0.2, -0.15) is 0 Å². The highest BCUT2D eigenvalue weighted by molar-refractivity contribution is 5.80. The lowest BCUT2D eigenvalue weighted by molar-refractivity contribution is -0.123. The van der Waals surface area contributed by atoms with Crippen LogP contribution >= 0.6 is 0 Å². The molecule has 0 unspecified atom stereocenters. The molecule has 16 heavy (non-hydrogen) atoms. The first kappa shape index (κ1) is 15.0. The standard InChI is InChI=1S/C12H22N2O.CH4/c1-9(2)12(15)8-11-4-6-14(7-5-11)10(3)13;/h9,11H,3-8,13H2,1-2H3;1H4. The number of Topliss-reactive ketones (excluding diaryl/α,β-unsaturated/α-hetero) is 1. The van der Waals surface area contributed by atoms with Crippen molar-refractivity contribution < 1.29 is 4.79 Å². The van der Waals surface area contributed by atoms with E-state index in [1.165, 1.54) is 0 Å². The summed E-state index contributed by atoms with van der Waals surface area (Å²) >= 11 is 0. The molecule has 0 radical (unpaired) electrons. The lowest BCUT2D eigenvalue weighted by Crippen LogP contribution is -2.36. The molecule has 3 heteroatoms. The predicted molar refractivity (Wildman–Crippen MR) is 68.8 cm³/mol. The molecule has 0 amide bonds. The van der Waals surface area contributed by atoms with Crippen molar-refractivity contribution >= 4 is 5.78 Å². The zero-order valence-corrected chi connectivity index (χ0v) is 9.83. The molecule has 3 nitrogen and oxygen atoms in total. The fourth-order valence-corrected chi connectivity index (χ4v) is 1.94. The second kappa shape index (κ2) is 6.56. The molecule has 1 rings (SSSR count). The highest BCUT2D eigenvalue weighted by Crippen LogP contribution is 2.22. The molecule has 2 N–H and O–H groups in total. The van der Waals surface area contributed by atoms with Gasteiger partial charge in [-0.15, -0.1) is 0 Å². The minimum atomic E-state index is 0. The van der Waals surface area contributed by atoms with Crippen molar-refractivity contribution in [1.82, 2.24) is 4.90 Å². The fourth-order valence-electron chi connectivity index (χ4n) is 1.94. The number of nitrogens with zero attached hydrogens (tertiary/aromatic N) is 1. The monoisotopic (exact) mass is 226 g/mol. The van der Waals surface area contributed by atoms with E-state index in [-0.39, 0.29) is 13.3 Å². The molecule has 1 heterocycles. The van der Waals surface area contributed by atoms with E-state index in [0.717, 1.165) is 32.4 Å². The Morgan fingerprint density at radius 3 is 2.31 bits per heavy atom. The Labute approximate surface area is 99.7 Å². The number of piperidine rings is 1. The molecule has 1 aliphatic heterocycles. The molecule has 0 aliphatic carbocycles. The first-order valence-electron chi connectivity index (χ1n) is 5.72. The average Bonchev–Trinajstić information content (AvgIpc) is 2.18. The minimum absolute atomic E-state index is 0. The summed E-state index contributed by atoms with van der Waals surface area (Å²) in [6.45, 7) is 9.57. The summed E-state index contributed by atoms with van der Waals surface area (Å²) < 4.78 is 0. The van der Waals surface area contributed by atoms with E-state index in [9.17, 15) is 4.79 Å². The van der Waals surface area contributed by atoms with Gasteiger partial charge in [-0.05, 0) is 18.8 Å². The summed E-state index contributed by atoms with van der Waals surface area (Å²) in [5.41, 5.74) is 5.63. The van der Waals surface area contributed by atoms with Crippen molar-refractivity contribution in [2.45, 2.75) is 40.5 Å². The lowest BCUT2D eigenvalue weighted by Gasteiger charge is -2.33. The van der Waals surface area contributed by atoms with Gasteiger partial charge in [-0.25, -0.2) is 0 Å². The van der Waals surface area contributed by atoms with Crippen LogP contribution < -0.4 is 5.73 Å². The van der Waals surface area contributed by atoms with Crippen LogP contribution in [-0.2, 0) is 4.79 Å². The van der Waals surface area contributed by atoms with Crippen molar-refractivity contribution in [3.8, 4) is 0 Å². The van der Waals surface area contributed by atoms with Gasteiger partial charge in [0.25, 0.3) is 0 Å².